The number of hydrogen-bond donors (Lipinski definition) is 2. The van der Waals surface area contributed by atoms with Gasteiger partial charge in [0.25, 0.3) is 0 Å². The van der Waals surface area contributed by atoms with Gasteiger partial charge in [-0.3, -0.25) is 4.79 Å². The fourth-order valence-corrected chi connectivity index (χ4v) is 3.25. The molecule has 2 N–H and O–H groups in total. The maximum absolute atomic E-state index is 13.0. The Morgan fingerprint density at radius 3 is 2.70 bits per heavy atom. The molecule has 27 heavy (non-hydrogen) atoms. The number of likely N-dealkylation sites (N-methyl/N-ethyl adjacent to an activating group) is 1. The predicted molar refractivity (Wildman–Crippen MR) is 108 cm³/mol. The van der Waals surface area contributed by atoms with Gasteiger partial charge in [-0.2, -0.15) is 0 Å². The first-order valence-corrected chi connectivity index (χ1v) is 9.36. The first-order chi connectivity index (χ1) is 13.0. The number of anilines is 2. The number of benzene rings is 2. The van der Waals surface area contributed by atoms with E-state index in [-0.39, 0.29) is 11.7 Å². The first-order valence-electron chi connectivity index (χ1n) is 8.48. The molecule has 140 valence electrons. The molecule has 0 aliphatic rings. The van der Waals surface area contributed by atoms with Crippen molar-refractivity contribution in [3.63, 3.8) is 0 Å². The number of hydrogen-bond acceptors (Lipinski definition) is 5. The van der Waals surface area contributed by atoms with Crippen LogP contribution in [0.2, 0.25) is 0 Å². The lowest BCUT2D eigenvalue weighted by Gasteiger charge is -2.11. The topological polar surface area (TPSA) is 57.3 Å². The second-order valence-corrected chi connectivity index (χ2v) is 7.24. The van der Waals surface area contributed by atoms with Crippen LogP contribution >= 0.6 is 11.3 Å². The zero-order valence-corrected chi connectivity index (χ0v) is 16.0. The molecule has 1 aromatic heterocycles. The van der Waals surface area contributed by atoms with Crippen molar-refractivity contribution >= 4 is 28.1 Å². The van der Waals surface area contributed by atoms with E-state index in [4.69, 9.17) is 0 Å². The summed E-state index contributed by atoms with van der Waals surface area (Å²) in [6.45, 7) is 0.932. The van der Waals surface area contributed by atoms with E-state index < -0.39 is 0 Å². The van der Waals surface area contributed by atoms with Crippen LogP contribution in [0.25, 0.3) is 11.3 Å². The first kappa shape index (κ1) is 19.0. The highest BCUT2D eigenvalue weighted by molar-refractivity contribution is 7.14. The van der Waals surface area contributed by atoms with Crippen molar-refractivity contribution in [2.75, 3.05) is 31.3 Å². The minimum atomic E-state index is -0.259. The average molecular weight is 384 g/mol. The minimum absolute atomic E-state index is 0.0472. The Hall–Kier alpha value is -2.77. The van der Waals surface area contributed by atoms with Crippen molar-refractivity contribution in [3.8, 4) is 11.3 Å². The minimum Gasteiger partial charge on any atom is -0.357 e. The van der Waals surface area contributed by atoms with E-state index in [1.165, 1.54) is 23.5 Å². The summed E-state index contributed by atoms with van der Waals surface area (Å²) >= 11 is 1.50. The number of nitrogens with zero attached hydrogens (tertiary/aromatic N) is 2. The summed E-state index contributed by atoms with van der Waals surface area (Å²) in [5, 5.41) is 8.90. The van der Waals surface area contributed by atoms with Crippen LogP contribution < -0.4 is 10.6 Å². The second kappa shape index (κ2) is 8.75. The van der Waals surface area contributed by atoms with Gasteiger partial charge in [0.05, 0.1) is 12.2 Å². The Labute approximate surface area is 161 Å². The Morgan fingerprint density at radius 1 is 1.19 bits per heavy atom. The standard InChI is InChI=1S/C20H21FN4OS/c1-25(2)12-19(26)23-17-5-3-4-14(10-17)11-22-20-24-18(13-27-20)15-6-8-16(21)9-7-15/h3-10,13H,11-12H2,1-2H3,(H,22,24)(H,23,26). The highest BCUT2D eigenvalue weighted by Gasteiger charge is 2.06. The van der Waals surface area contributed by atoms with Crippen LogP contribution in [-0.4, -0.2) is 36.4 Å². The van der Waals surface area contributed by atoms with Crippen LogP contribution in [0.3, 0.4) is 0 Å². The molecular formula is C20H21FN4OS. The third kappa shape index (κ3) is 5.60. The van der Waals surface area contributed by atoms with Crippen molar-refractivity contribution < 1.29 is 9.18 Å². The molecule has 0 radical (unpaired) electrons. The van der Waals surface area contributed by atoms with Gasteiger partial charge in [-0.15, -0.1) is 11.3 Å². The van der Waals surface area contributed by atoms with Crippen LogP contribution in [0.5, 0.6) is 0 Å². The summed E-state index contributed by atoms with van der Waals surface area (Å²) < 4.78 is 13.0. The quantitative estimate of drug-likeness (QED) is 0.645. The van der Waals surface area contributed by atoms with Crippen LogP contribution in [0, 0.1) is 5.82 Å². The van der Waals surface area contributed by atoms with E-state index in [9.17, 15) is 9.18 Å². The molecule has 0 spiro atoms. The van der Waals surface area contributed by atoms with E-state index in [0.29, 0.717) is 13.1 Å². The molecule has 0 atom stereocenters. The van der Waals surface area contributed by atoms with Crippen molar-refractivity contribution in [3.05, 3.63) is 65.3 Å². The number of amides is 1. The largest absolute Gasteiger partial charge is 0.357 e. The molecule has 0 bridgehead atoms. The number of aromatic nitrogens is 1. The Kier molecular flexibility index (Phi) is 6.16. The van der Waals surface area contributed by atoms with Crippen molar-refractivity contribution in [2.24, 2.45) is 0 Å². The third-order valence-corrected chi connectivity index (χ3v) is 4.56. The third-order valence-electron chi connectivity index (χ3n) is 3.76. The van der Waals surface area contributed by atoms with Crippen LogP contribution in [0.4, 0.5) is 15.2 Å². The van der Waals surface area contributed by atoms with Crippen LogP contribution in [-0.2, 0) is 11.3 Å². The number of carbonyl (C=O) groups is 1. The average Bonchev–Trinajstić information content (AvgIpc) is 3.09. The van der Waals surface area contributed by atoms with Gasteiger partial charge in [-0.25, -0.2) is 9.37 Å². The van der Waals surface area contributed by atoms with E-state index in [1.807, 2.05) is 48.6 Å². The van der Waals surface area contributed by atoms with Crippen molar-refractivity contribution in [1.82, 2.24) is 9.88 Å². The molecule has 0 saturated carbocycles. The number of thiazole rings is 1. The van der Waals surface area contributed by atoms with Gasteiger partial charge >= 0.3 is 0 Å². The smallest absolute Gasteiger partial charge is 0.238 e. The lowest BCUT2D eigenvalue weighted by Crippen LogP contribution is -2.27. The Morgan fingerprint density at radius 2 is 1.96 bits per heavy atom. The lowest BCUT2D eigenvalue weighted by atomic mass is 10.2. The molecule has 7 heteroatoms. The molecule has 0 aliphatic carbocycles. The number of rotatable bonds is 7. The molecular weight excluding hydrogens is 363 g/mol. The highest BCUT2D eigenvalue weighted by Crippen LogP contribution is 2.25. The molecule has 5 nitrogen and oxygen atoms in total. The highest BCUT2D eigenvalue weighted by atomic mass is 32.1. The molecule has 0 fully saturated rings. The summed E-state index contributed by atoms with van der Waals surface area (Å²) in [5.41, 5.74) is 3.50. The maximum Gasteiger partial charge on any atom is 0.238 e. The molecule has 1 heterocycles. The monoisotopic (exact) mass is 384 g/mol. The van der Waals surface area contributed by atoms with Gasteiger partial charge in [0.1, 0.15) is 5.82 Å². The molecule has 0 saturated heterocycles. The maximum atomic E-state index is 13.0. The van der Waals surface area contributed by atoms with E-state index in [0.717, 1.165) is 27.6 Å². The van der Waals surface area contributed by atoms with Crippen LogP contribution in [0.15, 0.2) is 53.9 Å². The Bertz CT molecular complexity index is 908. The summed E-state index contributed by atoms with van der Waals surface area (Å²) in [6, 6.07) is 14.0. The molecule has 3 aromatic rings. The van der Waals surface area contributed by atoms with Gasteiger partial charge in [0, 0.05) is 23.2 Å². The zero-order chi connectivity index (χ0) is 19.2. The van der Waals surface area contributed by atoms with Gasteiger partial charge < -0.3 is 15.5 Å². The number of nitrogens with one attached hydrogen (secondary N) is 2. The molecule has 3 rings (SSSR count). The fourth-order valence-electron chi connectivity index (χ4n) is 2.53. The van der Waals surface area contributed by atoms with E-state index in [1.54, 1.807) is 12.1 Å². The summed E-state index contributed by atoms with van der Waals surface area (Å²) in [6.07, 6.45) is 0. The molecule has 0 aliphatic heterocycles. The van der Waals surface area contributed by atoms with Gasteiger partial charge in [0.2, 0.25) is 5.91 Å². The normalized spacial score (nSPS) is 10.8. The van der Waals surface area contributed by atoms with Crippen molar-refractivity contribution in [2.45, 2.75) is 6.54 Å². The predicted octanol–water partition coefficient (Wildman–Crippen LogP) is 4.06. The SMILES string of the molecule is CN(C)CC(=O)Nc1cccc(CNc2nc(-c3ccc(F)cc3)cs2)c1. The lowest BCUT2D eigenvalue weighted by molar-refractivity contribution is -0.116. The molecule has 0 unspecified atom stereocenters. The summed E-state index contributed by atoms with van der Waals surface area (Å²) in [5.74, 6) is -0.307. The van der Waals surface area contributed by atoms with Crippen LogP contribution in [0.1, 0.15) is 5.56 Å². The zero-order valence-electron chi connectivity index (χ0n) is 15.2. The molecule has 2 aromatic carbocycles. The number of halogens is 1. The van der Waals surface area contributed by atoms with Crippen molar-refractivity contribution in [1.29, 1.82) is 0 Å². The fraction of sp³-hybridized carbons (Fsp3) is 0.200. The summed E-state index contributed by atoms with van der Waals surface area (Å²) in [4.78, 5) is 18.2. The summed E-state index contributed by atoms with van der Waals surface area (Å²) in [7, 11) is 3.71. The number of carbonyl (C=O) groups excluding carboxylic acids is 1. The van der Waals surface area contributed by atoms with Gasteiger partial charge in [-0.1, -0.05) is 12.1 Å². The molecule has 1 amide bonds. The van der Waals surface area contributed by atoms with E-state index >= 15 is 0 Å². The van der Waals surface area contributed by atoms with Gasteiger partial charge in [0.15, 0.2) is 5.13 Å². The second-order valence-electron chi connectivity index (χ2n) is 6.38. The Balaban J connectivity index is 1.59. The van der Waals surface area contributed by atoms with E-state index in [2.05, 4.69) is 15.6 Å². The van der Waals surface area contributed by atoms with Gasteiger partial charge in [-0.05, 0) is 56.1 Å².